The van der Waals surface area contributed by atoms with E-state index >= 15 is 0 Å². The maximum atomic E-state index is 12.6. The van der Waals surface area contributed by atoms with Gasteiger partial charge in [0.25, 0.3) is 0 Å². The molecule has 1 amide bonds. The highest BCUT2D eigenvalue weighted by Gasteiger charge is 2.14. The van der Waals surface area contributed by atoms with Gasteiger partial charge in [0.05, 0.1) is 0 Å². The maximum absolute atomic E-state index is 12.6. The first kappa shape index (κ1) is 20.5. The van der Waals surface area contributed by atoms with Crippen LogP contribution in [0.4, 0.5) is 0 Å². The lowest BCUT2D eigenvalue weighted by molar-refractivity contribution is -0.126. The molecule has 1 N–H and O–H groups in total. The summed E-state index contributed by atoms with van der Waals surface area (Å²) in [5.74, 6) is 0.892. The Labute approximate surface area is 181 Å². The Morgan fingerprint density at radius 3 is 1.94 bits per heavy atom. The third-order valence-electron chi connectivity index (χ3n) is 4.78. The van der Waals surface area contributed by atoms with Crippen LogP contribution in [0, 0.1) is 0 Å². The number of hydrogen-bond donors (Lipinski definition) is 1. The maximum Gasteiger partial charge on any atom is 0.234 e. The molecule has 0 fully saturated rings. The third-order valence-corrected chi connectivity index (χ3v) is 4.78. The summed E-state index contributed by atoms with van der Waals surface area (Å²) >= 11 is 0. The van der Waals surface area contributed by atoms with Crippen LogP contribution in [0.2, 0.25) is 0 Å². The summed E-state index contributed by atoms with van der Waals surface area (Å²) in [5, 5.41) is 5.94. The molecule has 0 saturated carbocycles. The van der Waals surface area contributed by atoms with Crippen LogP contribution >= 0.6 is 0 Å². The molecule has 156 valence electrons. The monoisotopic (exact) mass is 412 g/mol. The van der Waals surface area contributed by atoms with Gasteiger partial charge in [-0.05, 0) is 11.1 Å². The Kier molecular flexibility index (Phi) is 6.82. The minimum Gasteiger partial charge on any atom is -0.339 e. The molecule has 6 heteroatoms. The molecule has 0 saturated heterocycles. The molecule has 1 aromatic heterocycles. The summed E-state index contributed by atoms with van der Waals surface area (Å²) in [5.41, 5.74) is 6.17. The number of rotatable bonds is 9. The fraction of sp³-hybridized carbons (Fsp3) is 0.160. The van der Waals surface area contributed by atoms with Crippen LogP contribution < -0.4 is 5.43 Å². The van der Waals surface area contributed by atoms with Gasteiger partial charge in [-0.2, -0.15) is 4.98 Å². The number of aromatic nitrogens is 2. The van der Waals surface area contributed by atoms with Crippen LogP contribution in [0.1, 0.15) is 23.4 Å². The van der Waals surface area contributed by atoms with E-state index < -0.39 is 0 Å². The topological polar surface area (TPSA) is 71.3 Å². The summed E-state index contributed by atoms with van der Waals surface area (Å²) < 4.78 is 5.31. The van der Waals surface area contributed by atoms with Gasteiger partial charge >= 0.3 is 0 Å². The summed E-state index contributed by atoms with van der Waals surface area (Å²) in [4.78, 5) is 17.0. The zero-order valence-corrected chi connectivity index (χ0v) is 17.1. The minimum atomic E-state index is -0.0914. The molecule has 0 radical (unpaired) electrons. The van der Waals surface area contributed by atoms with Gasteiger partial charge in [-0.15, -0.1) is 0 Å². The van der Waals surface area contributed by atoms with Crippen molar-refractivity contribution in [3.63, 3.8) is 0 Å². The van der Waals surface area contributed by atoms with Crippen molar-refractivity contribution in [3.05, 3.63) is 108 Å². The van der Waals surface area contributed by atoms with E-state index in [0.717, 1.165) is 16.7 Å². The molecule has 1 heterocycles. The van der Waals surface area contributed by atoms with Gasteiger partial charge in [-0.25, -0.2) is 5.01 Å². The summed E-state index contributed by atoms with van der Waals surface area (Å²) in [6.45, 7) is 1.22. The normalized spacial score (nSPS) is 10.9. The molecule has 3 aromatic carbocycles. The van der Waals surface area contributed by atoms with Crippen LogP contribution in [0.3, 0.4) is 0 Å². The molecule has 0 aliphatic heterocycles. The van der Waals surface area contributed by atoms with Crippen molar-refractivity contribution in [1.82, 2.24) is 20.6 Å². The number of aryl methyl sites for hydroxylation is 1. The molecule has 4 rings (SSSR count). The summed E-state index contributed by atoms with van der Waals surface area (Å²) in [7, 11) is 0. The highest BCUT2D eigenvalue weighted by Crippen LogP contribution is 2.15. The van der Waals surface area contributed by atoms with Gasteiger partial charge in [0.1, 0.15) is 0 Å². The average molecular weight is 412 g/mol. The first-order valence-corrected chi connectivity index (χ1v) is 10.3. The molecule has 0 unspecified atom stereocenters. The van der Waals surface area contributed by atoms with Gasteiger partial charge in [-0.1, -0.05) is 96.2 Å². The molecule has 6 nitrogen and oxygen atoms in total. The number of nitrogens with zero attached hydrogens (tertiary/aromatic N) is 3. The predicted octanol–water partition coefficient (Wildman–Crippen LogP) is 4.40. The highest BCUT2D eigenvalue weighted by molar-refractivity contribution is 5.75. The quantitative estimate of drug-likeness (QED) is 0.413. The van der Waals surface area contributed by atoms with E-state index in [-0.39, 0.29) is 12.3 Å². The van der Waals surface area contributed by atoms with Crippen molar-refractivity contribution in [3.8, 4) is 11.4 Å². The number of amides is 1. The lowest BCUT2D eigenvalue weighted by Crippen LogP contribution is -2.41. The van der Waals surface area contributed by atoms with E-state index in [4.69, 9.17) is 4.52 Å². The Morgan fingerprint density at radius 1 is 0.806 bits per heavy atom. The first-order valence-electron chi connectivity index (χ1n) is 10.3. The summed E-state index contributed by atoms with van der Waals surface area (Å²) in [6, 6.07) is 29.8. The largest absolute Gasteiger partial charge is 0.339 e. The van der Waals surface area contributed by atoms with Gasteiger partial charge in [-0.3, -0.25) is 10.2 Å². The van der Waals surface area contributed by atoms with Crippen LogP contribution in [-0.4, -0.2) is 21.1 Å². The van der Waals surface area contributed by atoms with Crippen molar-refractivity contribution in [2.45, 2.75) is 25.9 Å². The third kappa shape index (κ3) is 6.10. The fourth-order valence-electron chi connectivity index (χ4n) is 3.26. The molecule has 0 aliphatic rings. The van der Waals surface area contributed by atoms with E-state index in [9.17, 15) is 4.79 Å². The van der Waals surface area contributed by atoms with Gasteiger partial charge in [0.15, 0.2) is 0 Å². The Hall–Kier alpha value is -3.77. The molecular weight excluding hydrogens is 388 g/mol. The molecular formula is C25H24N4O2. The van der Waals surface area contributed by atoms with Gasteiger partial charge < -0.3 is 4.52 Å². The Morgan fingerprint density at radius 2 is 1.35 bits per heavy atom. The van der Waals surface area contributed by atoms with E-state index in [1.54, 1.807) is 0 Å². The lowest BCUT2D eigenvalue weighted by Gasteiger charge is -2.23. The number of carbonyl (C=O) groups is 1. The van der Waals surface area contributed by atoms with E-state index in [1.165, 1.54) is 0 Å². The SMILES string of the molecule is O=C(CCc1nc(-c2ccccc2)no1)NN(Cc1ccccc1)Cc1ccccc1. The molecule has 31 heavy (non-hydrogen) atoms. The average Bonchev–Trinajstić information content (AvgIpc) is 3.29. The second-order valence-electron chi connectivity index (χ2n) is 7.24. The highest BCUT2D eigenvalue weighted by atomic mass is 16.5. The lowest BCUT2D eigenvalue weighted by atomic mass is 10.2. The van der Waals surface area contributed by atoms with E-state index in [1.807, 2.05) is 96.0 Å². The number of nitrogens with one attached hydrogen (secondary N) is 1. The van der Waals surface area contributed by atoms with E-state index in [2.05, 4.69) is 15.6 Å². The van der Waals surface area contributed by atoms with E-state index in [0.29, 0.717) is 31.2 Å². The minimum absolute atomic E-state index is 0.0914. The number of carbonyl (C=O) groups excluding carboxylic acids is 1. The number of benzene rings is 3. The van der Waals surface area contributed by atoms with Crippen molar-refractivity contribution >= 4 is 5.91 Å². The number of hydrazine groups is 1. The second kappa shape index (κ2) is 10.3. The fourth-order valence-corrected chi connectivity index (χ4v) is 3.26. The Bertz CT molecular complexity index is 1040. The van der Waals surface area contributed by atoms with Gasteiger partial charge in [0, 0.05) is 31.5 Å². The van der Waals surface area contributed by atoms with Gasteiger partial charge in [0.2, 0.25) is 17.6 Å². The standard InChI is InChI=1S/C25H24N4O2/c30-23(16-17-24-26-25(28-31-24)22-14-8-3-9-15-22)27-29(18-20-10-4-1-5-11-20)19-21-12-6-2-7-13-21/h1-15H,16-19H2,(H,27,30). The molecule has 0 spiro atoms. The first-order chi connectivity index (χ1) is 15.3. The molecule has 4 aromatic rings. The zero-order valence-electron chi connectivity index (χ0n) is 17.1. The van der Waals surface area contributed by atoms with Crippen molar-refractivity contribution in [1.29, 1.82) is 0 Å². The Balaban J connectivity index is 1.36. The van der Waals surface area contributed by atoms with Crippen molar-refractivity contribution < 1.29 is 9.32 Å². The summed E-state index contributed by atoms with van der Waals surface area (Å²) in [6.07, 6.45) is 0.646. The zero-order chi connectivity index (χ0) is 21.3. The predicted molar refractivity (Wildman–Crippen MR) is 118 cm³/mol. The van der Waals surface area contributed by atoms with Crippen LogP contribution in [0.25, 0.3) is 11.4 Å². The second-order valence-corrected chi connectivity index (χ2v) is 7.24. The number of hydrogen-bond acceptors (Lipinski definition) is 5. The molecule has 0 atom stereocenters. The van der Waals surface area contributed by atoms with Crippen LogP contribution in [0.5, 0.6) is 0 Å². The van der Waals surface area contributed by atoms with Crippen molar-refractivity contribution in [2.24, 2.45) is 0 Å². The van der Waals surface area contributed by atoms with Crippen LogP contribution in [0.15, 0.2) is 95.5 Å². The van der Waals surface area contributed by atoms with Crippen LogP contribution in [-0.2, 0) is 24.3 Å². The molecule has 0 bridgehead atoms. The van der Waals surface area contributed by atoms with Crippen molar-refractivity contribution in [2.75, 3.05) is 0 Å². The smallest absolute Gasteiger partial charge is 0.234 e. The molecule has 0 aliphatic carbocycles.